The van der Waals surface area contributed by atoms with Crippen LogP contribution in [0.1, 0.15) is 19.3 Å². The quantitative estimate of drug-likeness (QED) is 0.840. The van der Waals surface area contributed by atoms with E-state index in [9.17, 15) is 0 Å². The summed E-state index contributed by atoms with van der Waals surface area (Å²) in [5.41, 5.74) is 8.00. The molecule has 3 rings (SSSR count). The van der Waals surface area contributed by atoms with Crippen LogP contribution in [-0.2, 0) is 0 Å². The summed E-state index contributed by atoms with van der Waals surface area (Å²) in [6.45, 7) is 0. The van der Waals surface area contributed by atoms with Crippen molar-refractivity contribution in [3.05, 3.63) is 30.6 Å². The van der Waals surface area contributed by atoms with E-state index in [1.54, 1.807) is 6.20 Å². The molecule has 3 N–H and O–H groups in total. The van der Waals surface area contributed by atoms with Gasteiger partial charge in [-0.1, -0.05) is 6.42 Å². The van der Waals surface area contributed by atoms with Crippen molar-refractivity contribution in [3.63, 3.8) is 0 Å². The Hall–Kier alpha value is -1.42. The number of nitrogens with zero attached hydrogens (tertiary/aromatic N) is 1. The molecule has 0 saturated heterocycles. The van der Waals surface area contributed by atoms with Gasteiger partial charge in [0.25, 0.3) is 0 Å². The molecule has 2 atom stereocenters. The van der Waals surface area contributed by atoms with E-state index in [0.717, 1.165) is 22.1 Å². The van der Waals surface area contributed by atoms with Gasteiger partial charge in [0.1, 0.15) is 0 Å². The zero-order valence-corrected chi connectivity index (χ0v) is 11.9. The summed E-state index contributed by atoms with van der Waals surface area (Å²) in [7, 11) is 0. The predicted octanol–water partition coefficient (Wildman–Crippen LogP) is 3.51. The summed E-state index contributed by atoms with van der Waals surface area (Å²) < 4.78 is 0. The second-order valence-electron chi connectivity index (χ2n) is 5.08. The van der Waals surface area contributed by atoms with Gasteiger partial charge in [0, 0.05) is 45.8 Å². The second kappa shape index (κ2) is 5.29. The molecule has 1 aromatic heterocycles. The number of fused-ring (bicyclic) bond motifs is 1. The molecule has 4 heteroatoms. The molecule has 1 fully saturated rings. The molecule has 0 spiro atoms. The molecule has 1 aromatic carbocycles. The summed E-state index contributed by atoms with van der Waals surface area (Å²) in [5.74, 6) is 0. The van der Waals surface area contributed by atoms with Gasteiger partial charge in [-0.15, -0.1) is 0 Å². The topological polar surface area (TPSA) is 50.9 Å². The highest BCUT2D eigenvalue weighted by Gasteiger charge is 2.26. The van der Waals surface area contributed by atoms with Gasteiger partial charge in [-0.2, -0.15) is 11.8 Å². The van der Waals surface area contributed by atoms with E-state index in [1.807, 2.05) is 30.1 Å². The van der Waals surface area contributed by atoms with Gasteiger partial charge < -0.3 is 11.1 Å². The van der Waals surface area contributed by atoms with E-state index < -0.39 is 0 Å². The van der Waals surface area contributed by atoms with Crippen LogP contribution in [0.15, 0.2) is 30.6 Å². The maximum Gasteiger partial charge on any atom is 0.0439 e. The molecule has 2 unspecified atom stereocenters. The molecule has 100 valence electrons. The Bertz CT molecular complexity index is 585. The lowest BCUT2D eigenvalue weighted by atomic mass is 10.1. The fourth-order valence-corrected chi connectivity index (χ4v) is 3.85. The van der Waals surface area contributed by atoms with Gasteiger partial charge >= 0.3 is 0 Å². The number of aromatic nitrogens is 1. The van der Waals surface area contributed by atoms with Gasteiger partial charge in [-0.3, -0.25) is 4.98 Å². The first-order chi connectivity index (χ1) is 9.29. The highest BCUT2D eigenvalue weighted by Crippen LogP contribution is 2.34. The van der Waals surface area contributed by atoms with Gasteiger partial charge in [0.2, 0.25) is 0 Å². The van der Waals surface area contributed by atoms with Crippen LogP contribution in [0.2, 0.25) is 0 Å². The van der Waals surface area contributed by atoms with Crippen LogP contribution in [-0.4, -0.2) is 22.5 Å². The van der Waals surface area contributed by atoms with Crippen LogP contribution in [0.5, 0.6) is 0 Å². The monoisotopic (exact) mass is 273 g/mol. The lowest BCUT2D eigenvalue weighted by Crippen LogP contribution is -2.25. The molecule has 3 nitrogen and oxygen atoms in total. The van der Waals surface area contributed by atoms with Crippen LogP contribution in [0.3, 0.4) is 0 Å². The number of anilines is 2. The average molecular weight is 273 g/mol. The summed E-state index contributed by atoms with van der Waals surface area (Å²) in [6, 6.07) is 6.60. The van der Waals surface area contributed by atoms with Crippen molar-refractivity contribution in [2.24, 2.45) is 0 Å². The standard InChI is InChI=1S/C15H19N3S/c1-19-15-4-2-3-14(15)18-13-6-5-12(16)10-7-8-17-9-11(10)13/h5-9,14-15,18H,2-4,16H2,1H3. The Morgan fingerprint density at radius 1 is 1.26 bits per heavy atom. The zero-order valence-electron chi connectivity index (χ0n) is 11.1. The van der Waals surface area contributed by atoms with Gasteiger partial charge in [0.15, 0.2) is 0 Å². The molecule has 0 bridgehead atoms. The third-order valence-electron chi connectivity index (χ3n) is 3.95. The van der Waals surface area contributed by atoms with E-state index in [1.165, 1.54) is 19.3 Å². The Morgan fingerprint density at radius 3 is 3.00 bits per heavy atom. The maximum atomic E-state index is 6.03. The average Bonchev–Trinajstić information content (AvgIpc) is 2.89. The number of rotatable bonds is 3. The van der Waals surface area contributed by atoms with E-state index in [-0.39, 0.29) is 0 Å². The highest BCUT2D eigenvalue weighted by molar-refractivity contribution is 7.99. The van der Waals surface area contributed by atoms with Gasteiger partial charge in [-0.05, 0) is 37.3 Å². The molecule has 0 amide bonds. The first-order valence-electron chi connectivity index (χ1n) is 6.71. The Balaban J connectivity index is 1.95. The number of hydrogen-bond acceptors (Lipinski definition) is 4. The first-order valence-corrected chi connectivity index (χ1v) is 8.00. The molecule has 19 heavy (non-hydrogen) atoms. The number of nitrogens with two attached hydrogens (primary N) is 1. The lowest BCUT2D eigenvalue weighted by Gasteiger charge is -2.21. The molecular weight excluding hydrogens is 254 g/mol. The minimum atomic E-state index is 0.557. The van der Waals surface area contributed by atoms with Crippen molar-refractivity contribution >= 4 is 33.9 Å². The molecule has 1 heterocycles. The molecule has 1 aliphatic carbocycles. The number of pyridine rings is 1. The van der Waals surface area contributed by atoms with Crippen LogP contribution < -0.4 is 11.1 Å². The zero-order chi connectivity index (χ0) is 13.2. The fourth-order valence-electron chi connectivity index (χ4n) is 2.91. The third-order valence-corrected chi connectivity index (χ3v) is 5.12. The normalized spacial score (nSPS) is 22.8. The lowest BCUT2D eigenvalue weighted by molar-refractivity contribution is 0.770. The van der Waals surface area contributed by atoms with Crippen LogP contribution in [0.4, 0.5) is 11.4 Å². The molecule has 0 radical (unpaired) electrons. The van der Waals surface area contributed by atoms with E-state index >= 15 is 0 Å². The summed E-state index contributed by atoms with van der Waals surface area (Å²) in [6.07, 6.45) is 9.77. The molecule has 1 saturated carbocycles. The van der Waals surface area contributed by atoms with Crippen LogP contribution >= 0.6 is 11.8 Å². The number of thioether (sulfide) groups is 1. The fraction of sp³-hybridized carbons (Fsp3) is 0.400. The van der Waals surface area contributed by atoms with Crippen LogP contribution in [0, 0.1) is 0 Å². The largest absolute Gasteiger partial charge is 0.398 e. The number of nitrogens with one attached hydrogen (secondary N) is 1. The highest BCUT2D eigenvalue weighted by atomic mass is 32.2. The van der Waals surface area contributed by atoms with Crippen molar-refractivity contribution in [2.75, 3.05) is 17.3 Å². The first kappa shape index (κ1) is 12.6. The van der Waals surface area contributed by atoms with Crippen molar-refractivity contribution in [3.8, 4) is 0 Å². The molecule has 0 aliphatic heterocycles. The Labute approximate surface area is 118 Å². The minimum Gasteiger partial charge on any atom is -0.398 e. The van der Waals surface area contributed by atoms with Crippen molar-refractivity contribution < 1.29 is 0 Å². The number of nitrogen functional groups attached to an aromatic ring is 1. The SMILES string of the molecule is CSC1CCCC1Nc1ccc(N)c2ccncc12. The van der Waals surface area contributed by atoms with E-state index in [4.69, 9.17) is 5.73 Å². The Morgan fingerprint density at radius 2 is 2.16 bits per heavy atom. The van der Waals surface area contributed by atoms with Gasteiger partial charge in [-0.25, -0.2) is 0 Å². The van der Waals surface area contributed by atoms with Crippen molar-refractivity contribution in [1.29, 1.82) is 0 Å². The van der Waals surface area contributed by atoms with E-state index in [0.29, 0.717) is 11.3 Å². The smallest absolute Gasteiger partial charge is 0.0439 e. The number of benzene rings is 1. The third kappa shape index (κ3) is 2.37. The minimum absolute atomic E-state index is 0.557. The van der Waals surface area contributed by atoms with Crippen molar-refractivity contribution in [1.82, 2.24) is 4.98 Å². The molecule has 2 aromatic rings. The second-order valence-corrected chi connectivity index (χ2v) is 6.16. The summed E-state index contributed by atoms with van der Waals surface area (Å²) >= 11 is 1.97. The predicted molar refractivity (Wildman–Crippen MR) is 84.7 cm³/mol. The summed E-state index contributed by atoms with van der Waals surface area (Å²) in [5, 5.41) is 6.61. The Kier molecular flexibility index (Phi) is 3.51. The van der Waals surface area contributed by atoms with E-state index in [2.05, 4.69) is 22.6 Å². The maximum absolute atomic E-state index is 6.03. The van der Waals surface area contributed by atoms with Crippen LogP contribution in [0.25, 0.3) is 10.8 Å². The number of hydrogen-bond donors (Lipinski definition) is 2. The molecule has 1 aliphatic rings. The van der Waals surface area contributed by atoms with Gasteiger partial charge in [0.05, 0.1) is 0 Å². The molecular formula is C15H19N3S. The van der Waals surface area contributed by atoms with Crippen molar-refractivity contribution in [2.45, 2.75) is 30.6 Å². The summed E-state index contributed by atoms with van der Waals surface area (Å²) in [4.78, 5) is 4.23.